The topological polar surface area (TPSA) is 382 Å². The fraction of sp³-hybridized carbons (Fsp3) is 0.410. The monoisotopic (exact) mass is 858 g/mol. The number of allylic oxidation sites excluding steroid dienone is 3. The number of phenolic OH excluding ortho intramolecular Hbond substituents is 3. The molecule has 4 aliphatic heterocycles. The predicted octanol–water partition coefficient (Wildman–Crippen LogP) is -3.16. The lowest BCUT2D eigenvalue weighted by Gasteiger charge is -2.47. The third-order valence-electron chi connectivity index (χ3n) is 11.0. The Morgan fingerprint density at radius 2 is 1.59 bits per heavy atom. The van der Waals surface area contributed by atoms with E-state index in [0.717, 1.165) is 24.3 Å². The second-order valence-corrected chi connectivity index (χ2v) is 14.8. The normalized spacial score (nSPS) is 33.3. The van der Waals surface area contributed by atoms with Crippen LogP contribution in [0.3, 0.4) is 0 Å². The maximum absolute atomic E-state index is 13.8. The molecule has 2 fully saturated rings. The lowest BCUT2D eigenvalue weighted by molar-refractivity contribution is -0.335. The molecule has 2 saturated heterocycles. The van der Waals surface area contributed by atoms with Gasteiger partial charge < -0.3 is 95.7 Å². The van der Waals surface area contributed by atoms with Crippen LogP contribution in [0.4, 0.5) is 0 Å². The molecule has 2 aromatic carbocycles. The summed E-state index contributed by atoms with van der Waals surface area (Å²) >= 11 is 0. The van der Waals surface area contributed by atoms with Crippen LogP contribution in [0.25, 0.3) is 22.3 Å². The molecule has 12 atom stereocenters. The maximum Gasteiger partial charge on any atom is 0.340 e. The lowest BCUT2D eigenvalue weighted by Crippen LogP contribution is -2.70. The Labute approximate surface area is 342 Å². The number of rotatable bonds is 9. The number of aromatic hydroxyl groups is 3. The van der Waals surface area contributed by atoms with Crippen molar-refractivity contribution in [2.45, 2.75) is 85.3 Å². The first-order valence-electron chi connectivity index (χ1n) is 18.6. The molecule has 22 nitrogen and oxygen atoms in total. The Balaban J connectivity index is 1.32. The molecule has 5 heterocycles. The predicted molar refractivity (Wildman–Crippen MR) is 201 cm³/mol. The molecular formula is C39H42N2O20. The molecule has 3 aromatic rings. The van der Waals surface area contributed by atoms with Gasteiger partial charge >= 0.3 is 11.9 Å². The first kappa shape index (κ1) is 43.5. The number of benzene rings is 2. The summed E-state index contributed by atoms with van der Waals surface area (Å²) in [7, 11) is 0. The minimum absolute atomic E-state index is 0.0691. The number of aliphatic hydroxyl groups excluding tert-OH is 8. The van der Waals surface area contributed by atoms with Crippen LogP contribution in [-0.2, 0) is 30.2 Å². The Bertz CT molecular complexity index is 2380. The van der Waals surface area contributed by atoms with Gasteiger partial charge in [0.25, 0.3) is 5.79 Å². The van der Waals surface area contributed by atoms with Crippen LogP contribution < -0.4 is 21.2 Å². The van der Waals surface area contributed by atoms with Crippen molar-refractivity contribution in [2.24, 2.45) is 5.73 Å². The van der Waals surface area contributed by atoms with E-state index in [1.165, 1.54) is 18.3 Å². The van der Waals surface area contributed by atoms with Gasteiger partial charge in [-0.2, -0.15) is 0 Å². The number of aliphatic hydroxyl groups is 8. The van der Waals surface area contributed by atoms with Gasteiger partial charge in [0.2, 0.25) is 6.29 Å². The number of carboxylic acids is 1. The molecule has 0 bridgehead atoms. The van der Waals surface area contributed by atoms with E-state index in [9.17, 15) is 75.7 Å². The van der Waals surface area contributed by atoms with Crippen molar-refractivity contribution >= 4 is 22.9 Å². The summed E-state index contributed by atoms with van der Waals surface area (Å²) < 4.78 is 28.6. The molecule has 4 aliphatic rings. The second kappa shape index (κ2) is 16.3. The first-order chi connectivity index (χ1) is 28.9. The minimum Gasteiger partial charge on any atom is -0.507 e. The fourth-order valence-electron chi connectivity index (χ4n) is 7.72. The number of carboxylic acid groups (broad SMARTS) is 1. The number of hydrogen-bond acceptors (Lipinski definition) is 21. The zero-order valence-electron chi connectivity index (χ0n) is 31.5. The summed E-state index contributed by atoms with van der Waals surface area (Å²) in [4.78, 5) is 39.7. The summed E-state index contributed by atoms with van der Waals surface area (Å²) in [5, 5.41) is 129. The standard InChI is InChI=1S/C39H42N2O20/c40-23-2-1-15(13-41-23)17-3-5-39(34(53)29(49)28(48)32(60-39)35(54)58-36-31(51)30(50)33(52)38(61-36,6-8-43)37(55)56)59-22-12-21-25(27(47)24(17)22)18(44)11-20(57-21)16-9-14(4-7-42)26(46)19(45)10-16/h1-3,5,9-13,17,23,28-34,36,41-43,45-53H,4,6-8,40H2,(H,55,56)/t17-,23?,28+,29+,30-,31-,32+,33+,34-,36+,38+,39+/m1/s1. The van der Waals surface area contributed by atoms with Gasteiger partial charge in [-0.05, 0) is 36.3 Å². The highest BCUT2D eigenvalue weighted by Gasteiger charge is 2.61. The quantitative estimate of drug-likeness (QED) is 0.0573. The second-order valence-electron chi connectivity index (χ2n) is 14.8. The van der Waals surface area contributed by atoms with Crippen molar-refractivity contribution in [3.8, 4) is 34.3 Å². The number of ether oxygens (including phenoxy) is 4. The van der Waals surface area contributed by atoms with E-state index in [0.29, 0.717) is 5.57 Å². The summed E-state index contributed by atoms with van der Waals surface area (Å²) in [6, 6.07) is 4.55. The average Bonchev–Trinajstić information content (AvgIpc) is 3.38. The van der Waals surface area contributed by atoms with Crippen molar-refractivity contribution in [3.63, 3.8) is 0 Å². The number of aliphatic carboxylic acids is 1. The Kier molecular flexibility index (Phi) is 11.6. The zero-order chi connectivity index (χ0) is 44.3. The Hall–Kier alpha value is -5.63. The van der Waals surface area contributed by atoms with Crippen molar-refractivity contribution < 1.29 is 94.2 Å². The number of carbonyl (C=O) groups is 2. The Morgan fingerprint density at radius 3 is 2.25 bits per heavy atom. The molecule has 0 saturated carbocycles. The van der Waals surface area contributed by atoms with Gasteiger partial charge in [0.15, 0.2) is 34.7 Å². The summed E-state index contributed by atoms with van der Waals surface area (Å²) in [6.07, 6.45) is -13.2. The van der Waals surface area contributed by atoms with Gasteiger partial charge in [-0.15, -0.1) is 0 Å². The van der Waals surface area contributed by atoms with Crippen molar-refractivity contribution in [2.75, 3.05) is 13.2 Å². The van der Waals surface area contributed by atoms with Crippen LogP contribution in [0.1, 0.15) is 23.5 Å². The molecule has 1 spiro atoms. The summed E-state index contributed by atoms with van der Waals surface area (Å²) in [5.41, 5.74) is 2.40. The molecule has 7 rings (SSSR count). The van der Waals surface area contributed by atoms with Crippen molar-refractivity contribution in [1.82, 2.24) is 5.32 Å². The van der Waals surface area contributed by atoms with E-state index in [1.807, 2.05) is 0 Å². The van der Waals surface area contributed by atoms with E-state index in [1.54, 1.807) is 12.2 Å². The average molecular weight is 859 g/mol. The van der Waals surface area contributed by atoms with Crippen LogP contribution in [0, 0.1) is 0 Å². The first-order valence-corrected chi connectivity index (χ1v) is 18.6. The number of nitrogens with two attached hydrogens (primary N) is 1. The largest absolute Gasteiger partial charge is 0.507 e. The highest BCUT2D eigenvalue weighted by molar-refractivity contribution is 5.89. The third kappa shape index (κ3) is 7.36. The molecule has 15 N–H and O–H groups in total. The van der Waals surface area contributed by atoms with Gasteiger partial charge in [-0.3, -0.25) is 4.79 Å². The van der Waals surface area contributed by atoms with Gasteiger partial charge in [-0.25, -0.2) is 9.59 Å². The number of esters is 1. The minimum atomic E-state index is -2.81. The lowest BCUT2D eigenvalue weighted by atomic mass is 9.84. The van der Waals surface area contributed by atoms with E-state index in [4.69, 9.17) is 29.1 Å². The van der Waals surface area contributed by atoms with Crippen LogP contribution >= 0.6 is 0 Å². The number of phenols is 3. The highest BCUT2D eigenvalue weighted by atomic mass is 16.8. The van der Waals surface area contributed by atoms with Crippen LogP contribution in [0.2, 0.25) is 0 Å². The molecule has 0 radical (unpaired) electrons. The van der Waals surface area contributed by atoms with Crippen LogP contribution in [0.5, 0.6) is 23.0 Å². The van der Waals surface area contributed by atoms with Crippen molar-refractivity contribution in [3.05, 3.63) is 81.7 Å². The van der Waals surface area contributed by atoms with Gasteiger partial charge in [0, 0.05) is 60.6 Å². The zero-order valence-corrected chi connectivity index (χ0v) is 31.5. The molecule has 0 aliphatic carbocycles. The van der Waals surface area contributed by atoms with Gasteiger partial charge in [0.05, 0.1) is 6.17 Å². The molecule has 1 unspecified atom stereocenters. The van der Waals surface area contributed by atoms with E-state index in [2.05, 4.69) is 5.32 Å². The SMILES string of the molecule is NC1C=CC([C@H]2C=C[C@]3(Oc4cc5oc(-c6cc(O)c(O)c(CCO)c6)cc(=O)c5c(O)c42)O[C@H](C(=O)O[C@H]2O[C@](CCO)(C(=O)O)[C@@H](O)[C@H](O)[C@H]2O)[C@@H](O)[C@H](O)[C@H]3O)=CN1. The smallest absolute Gasteiger partial charge is 0.340 e. The van der Waals surface area contributed by atoms with Crippen molar-refractivity contribution in [1.29, 1.82) is 0 Å². The number of fused-ring (bicyclic) bond motifs is 2. The highest BCUT2D eigenvalue weighted by Crippen LogP contribution is 2.49. The van der Waals surface area contributed by atoms with E-state index < -0.39 is 132 Å². The van der Waals surface area contributed by atoms with Crippen LogP contribution in [0.15, 0.2) is 69.6 Å². The third-order valence-corrected chi connectivity index (χ3v) is 11.0. The van der Waals surface area contributed by atoms with E-state index >= 15 is 0 Å². The molecule has 61 heavy (non-hydrogen) atoms. The molecular weight excluding hydrogens is 816 g/mol. The van der Waals surface area contributed by atoms with Crippen LogP contribution in [-0.4, -0.2) is 153 Å². The molecule has 0 amide bonds. The number of dihydropyridines is 1. The summed E-state index contributed by atoms with van der Waals surface area (Å²) in [5.74, 6) is -9.79. The fourth-order valence-corrected chi connectivity index (χ4v) is 7.72. The number of hydrogen-bond donors (Lipinski definition) is 14. The Morgan fingerprint density at radius 1 is 0.869 bits per heavy atom. The maximum atomic E-state index is 13.8. The number of carbonyl (C=O) groups excluding carboxylic acids is 1. The number of nitrogens with one attached hydrogen (secondary N) is 1. The molecule has 1 aromatic heterocycles. The summed E-state index contributed by atoms with van der Waals surface area (Å²) in [6.45, 7) is -1.32. The molecule has 22 heteroatoms. The van der Waals surface area contributed by atoms with E-state index in [-0.39, 0.29) is 39.8 Å². The van der Waals surface area contributed by atoms with Gasteiger partial charge in [-0.1, -0.05) is 12.2 Å². The van der Waals surface area contributed by atoms with Gasteiger partial charge in [0.1, 0.15) is 58.7 Å². The molecule has 328 valence electrons.